The van der Waals surface area contributed by atoms with Crippen molar-refractivity contribution in [2.75, 3.05) is 26.2 Å². The molecule has 28 heavy (non-hydrogen) atoms. The lowest BCUT2D eigenvalue weighted by molar-refractivity contribution is -0.142. The molecule has 0 bridgehead atoms. The van der Waals surface area contributed by atoms with Crippen LogP contribution in [0.15, 0.2) is 35.4 Å². The second-order valence-electron chi connectivity index (χ2n) is 7.70. The lowest BCUT2D eigenvalue weighted by Crippen LogP contribution is -2.51. The van der Waals surface area contributed by atoms with Crippen LogP contribution < -0.4 is 5.56 Å². The van der Waals surface area contributed by atoms with Crippen LogP contribution in [0.25, 0.3) is 10.9 Å². The van der Waals surface area contributed by atoms with Crippen molar-refractivity contribution in [2.45, 2.75) is 38.6 Å². The van der Waals surface area contributed by atoms with Gasteiger partial charge in [-0.2, -0.15) is 0 Å². The minimum Gasteiger partial charge on any atom is -0.339 e. The molecular formula is C21H26N4O3. The number of aromatic nitrogens is 2. The van der Waals surface area contributed by atoms with Gasteiger partial charge < -0.3 is 9.80 Å². The molecule has 7 heteroatoms. The zero-order chi connectivity index (χ0) is 19.5. The van der Waals surface area contributed by atoms with Crippen molar-refractivity contribution in [3.63, 3.8) is 0 Å². The summed E-state index contributed by atoms with van der Waals surface area (Å²) in [6.45, 7) is 2.68. The van der Waals surface area contributed by atoms with Crippen molar-refractivity contribution in [2.24, 2.45) is 5.92 Å². The van der Waals surface area contributed by atoms with Gasteiger partial charge in [-0.05, 0) is 25.0 Å². The monoisotopic (exact) mass is 382 g/mol. The van der Waals surface area contributed by atoms with Crippen LogP contribution in [0, 0.1) is 5.92 Å². The molecule has 2 heterocycles. The Balaban J connectivity index is 1.31. The number of fused-ring (bicyclic) bond motifs is 1. The second kappa shape index (κ2) is 8.12. The van der Waals surface area contributed by atoms with Crippen LogP contribution in [0.2, 0.25) is 0 Å². The third-order valence-electron chi connectivity index (χ3n) is 5.95. The van der Waals surface area contributed by atoms with Gasteiger partial charge in [-0.15, -0.1) is 0 Å². The molecule has 7 nitrogen and oxygen atoms in total. The van der Waals surface area contributed by atoms with E-state index in [1.165, 1.54) is 10.9 Å². The number of carbonyl (C=O) groups excluding carboxylic acids is 2. The van der Waals surface area contributed by atoms with Gasteiger partial charge in [-0.3, -0.25) is 19.0 Å². The average Bonchev–Trinajstić information content (AvgIpc) is 3.28. The van der Waals surface area contributed by atoms with Crippen molar-refractivity contribution in [1.82, 2.24) is 19.4 Å². The van der Waals surface area contributed by atoms with E-state index in [1.807, 2.05) is 17.0 Å². The number of piperazine rings is 1. The van der Waals surface area contributed by atoms with Gasteiger partial charge in [0.05, 0.1) is 17.2 Å². The predicted molar refractivity (Wildman–Crippen MR) is 106 cm³/mol. The van der Waals surface area contributed by atoms with Crippen LogP contribution in [0.3, 0.4) is 0 Å². The van der Waals surface area contributed by atoms with Gasteiger partial charge in [0.25, 0.3) is 5.56 Å². The Morgan fingerprint density at radius 1 is 1.00 bits per heavy atom. The molecule has 4 rings (SSSR count). The van der Waals surface area contributed by atoms with E-state index >= 15 is 0 Å². The highest BCUT2D eigenvalue weighted by atomic mass is 16.2. The minimum atomic E-state index is -0.120. The van der Waals surface area contributed by atoms with Gasteiger partial charge in [0, 0.05) is 45.1 Å². The normalized spacial score (nSPS) is 18.0. The number of hydrogen-bond donors (Lipinski definition) is 0. The largest absolute Gasteiger partial charge is 0.339 e. The quantitative estimate of drug-likeness (QED) is 0.806. The van der Waals surface area contributed by atoms with Crippen molar-refractivity contribution in [3.05, 3.63) is 40.9 Å². The molecule has 1 aliphatic heterocycles. The first-order valence-corrected chi connectivity index (χ1v) is 10.1. The molecule has 0 radical (unpaired) electrons. The Bertz CT molecular complexity index is 925. The maximum absolute atomic E-state index is 12.6. The standard InChI is InChI=1S/C21H26N4O3/c26-19(9-10-25-15-22-18-8-4-3-7-17(18)21(25)28)23-11-13-24(14-12-23)20(27)16-5-1-2-6-16/h3-4,7-8,15-16H,1-2,5-6,9-14H2. The fourth-order valence-electron chi connectivity index (χ4n) is 4.25. The van der Waals surface area contributed by atoms with Crippen molar-refractivity contribution in [3.8, 4) is 0 Å². The van der Waals surface area contributed by atoms with Crippen LogP contribution in [-0.2, 0) is 16.1 Å². The molecule has 1 aliphatic carbocycles. The van der Waals surface area contributed by atoms with Crippen molar-refractivity contribution >= 4 is 22.7 Å². The van der Waals surface area contributed by atoms with Gasteiger partial charge in [0.15, 0.2) is 0 Å². The Kier molecular flexibility index (Phi) is 5.41. The fourth-order valence-corrected chi connectivity index (χ4v) is 4.25. The summed E-state index contributed by atoms with van der Waals surface area (Å²) in [4.78, 5) is 45.6. The molecule has 1 aromatic heterocycles. The highest BCUT2D eigenvalue weighted by molar-refractivity contribution is 5.80. The summed E-state index contributed by atoms with van der Waals surface area (Å²) in [6, 6.07) is 7.22. The maximum atomic E-state index is 12.6. The Morgan fingerprint density at radius 2 is 1.68 bits per heavy atom. The number of aryl methyl sites for hydroxylation is 1. The van der Waals surface area contributed by atoms with E-state index in [0.29, 0.717) is 43.6 Å². The van der Waals surface area contributed by atoms with E-state index in [4.69, 9.17) is 0 Å². The number of rotatable bonds is 4. The molecule has 2 amide bonds. The molecule has 0 atom stereocenters. The Hall–Kier alpha value is -2.70. The SMILES string of the molecule is O=C(CCn1cnc2ccccc2c1=O)N1CCN(C(=O)C2CCCC2)CC1. The summed E-state index contributed by atoms with van der Waals surface area (Å²) in [5, 5.41) is 0.566. The average molecular weight is 382 g/mol. The van der Waals surface area contributed by atoms with Gasteiger partial charge in [0.2, 0.25) is 11.8 Å². The molecule has 0 spiro atoms. The summed E-state index contributed by atoms with van der Waals surface area (Å²) in [5.74, 6) is 0.473. The first-order chi connectivity index (χ1) is 13.6. The number of hydrogen-bond acceptors (Lipinski definition) is 4. The van der Waals surface area contributed by atoms with Crippen molar-refractivity contribution in [1.29, 1.82) is 0 Å². The molecule has 1 saturated carbocycles. The summed E-state index contributed by atoms with van der Waals surface area (Å²) in [5.41, 5.74) is 0.545. The number of nitrogens with zero attached hydrogens (tertiary/aromatic N) is 4. The van der Waals surface area contributed by atoms with E-state index in [0.717, 1.165) is 25.7 Å². The first kappa shape index (κ1) is 18.7. The molecule has 148 valence electrons. The third kappa shape index (κ3) is 3.79. The van der Waals surface area contributed by atoms with Crippen LogP contribution in [-0.4, -0.2) is 57.3 Å². The fraction of sp³-hybridized carbons (Fsp3) is 0.524. The van der Waals surface area contributed by atoms with Crippen LogP contribution in [0.5, 0.6) is 0 Å². The number of para-hydroxylation sites is 1. The minimum absolute atomic E-state index is 0.0213. The lowest BCUT2D eigenvalue weighted by atomic mass is 10.1. The zero-order valence-electron chi connectivity index (χ0n) is 16.0. The van der Waals surface area contributed by atoms with E-state index in [2.05, 4.69) is 4.98 Å². The molecule has 0 N–H and O–H groups in total. The van der Waals surface area contributed by atoms with Gasteiger partial charge in [0.1, 0.15) is 0 Å². The highest BCUT2D eigenvalue weighted by Crippen LogP contribution is 2.27. The third-order valence-corrected chi connectivity index (χ3v) is 5.95. The first-order valence-electron chi connectivity index (χ1n) is 10.1. The van der Waals surface area contributed by atoms with Gasteiger partial charge >= 0.3 is 0 Å². The maximum Gasteiger partial charge on any atom is 0.261 e. The second-order valence-corrected chi connectivity index (χ2v) is 7.70. The molecule has 2 aliphatic rings. The molecule has 0 unspecified atom stereocenters. The van der Waals surface area contributed by atoms with Crippen LogP contribution in [0.1, 0.15) is 32.1 Å². The zero-order valence-corrected chi connectivity index (χ0v) is 16.0. The van der Waals surface area contributed by atoms with Crippen LogP contribution >= 0.6 is 0 Å². The van der Waals surface area contributed by atoms with Crippen molar-refractivity contribution < 1.29 is 9.59 Å². The highest BCUT2D eigenvalue weighted by Gasteiger charge is 2.30. The summed E-state index contributed by atoms with van der Waals surface area (Å²) >= 11 is 0. The molecular weight excluding hydrogens is 356 g/mol. The predicted octanol–water partition coefficient (Wildman–Crippen LogP) is 1.65. The van der Waals surface area contributed by atoms with E-state index in [9.17, 15) is 14.4 Å². The Morgan fingerprint density at radius 3 is 2.43 bits per heavy atom. The van der Waals surface area contributed by atoms with E-state index in [1.54, 1.807) is 17.0 Å². The number of benzene rings is 1. The summed E-state index contributed by atoms with van der Waals surface area (Å²) < 4.78 is 1.50. The van der Waals surface area contributed by atoms with Crippen LogP contribution in [0.4, 0.5) is 0 Å². The smallest absolute Gasteiger partial charge is 0.261 e. The molecule has 1 aromatic carbocycles. The van der Waals surface area contributed by atoms with E-state index < -0.39 is 0 Å². The summed E-state index contributed by atoms with van der Waals surface area (Å²) in [6.07, 6.45) is 6.08. The lowest BCUT2D eigenvalue weighted by Gasteiger charge is -2.36. The van der Waals surface area contributed by atoms with Gasteiger partial charge in [-0.25, -0.2) is 4.98 Å². The van der Waals surface area contributed by atoms with E-state index in [-0.39, 0.29) is 29.7 Å². The number of carbonyl (C=O) groups is 2. The number of amides is 2. The molecule has 2 aromatic rings. The molecule has 1 saturated heterocycles. The topological polar surface area (TPSA) is 75.5 Å². The summed E-state index contributed by atoms with van der Waals surface area (Å²) in [7, 11) is 0. The Labute approximate surface area is 163 Å². The van der Waals surface area contributed by atoms with Gasteiger partial charge in [-0.1, -0.05) is 25.0 Å². The molecule has 2 fully saturated rings.